The minimum absolute atomic E-state index is 0.609. The summed E-state index contributed by atoms with van der Waals surface area (Å²) in [7, 11) is 0. The number of aryl methyl sites for hydroxylation is 2. The summed E-state index contributed by atoms with van der Waals surface area (Å²) in [6.07, 6.45) is 2.56. The first-order valence-electron chi connectivity index (χ1n) is 7.64. The third-order valence-electron chi connectivity index (χ3n) is 4.35. The lowest BCUT2D eigenvalue weighted by Gasteiger charge is -2.40. The minimum atomic E-state index is 0.609. The number of hydrogen-bond donors (Lipinski definition) is 1. The molecule has 0 amide bonds. The van der Waals surface area contributed by atoms with Gasteiger partial charge >= 0.3 is 0 Å². The van der Waals surface area contributed by atoms with Crippen LogP contribution < -0.4 is 5.32 Å². The van der Waals surface area contributed by atoms with Crippen LogP contribution in [0.3, 0.4) is 0 Å². The van der Waals surface area contributed by atoms with Crippen LogP contribution in [0.5, 0.6) is 0 Å². The van der Waals surface area contributed by atoms with E-state index in [4.69, 9.17) is 0 Å². The predicted octanol–water partition coefficient (Wildman–Crippen LogP) is 3.27. The Bertz CT molecular complexity index is 393. The number of benzene rings is 1. The summed E-state index contributed by atoms with van der Waals surface area (Å²) in [5, 5.41) is 3.62. The van der Waals surface area contributed by atoms with Gasteiger partial charge in [0.25, 0.3) is 0 Å². The average Bonchev–Trinajstić information content (AvgIpc) is 2.37. The van der Waals surface area contributed by atoms with Crippen molar-refractivity contribution in [2.45, 2.75) is 59.2 Å². The molecule has 1 heterocycles. The molecule has 0 bridgehead atoms. The summed E-state index contributed by atoms with van der Waals surface area (Å²) in [6, 6.07) is 7.95. The minimum Gasteiger partial charge on any atom is -0.311 e. The molecule has 2 rings (SSSR count). The molecule has 1 aliphatic heterocycles. The molecule has 1 aliphatic rings. The van der Waals surface area contributed by atoms with E-state index < -0.39 is 0 Å². The standard InChI is InChI=1S/C17H28N2/c1-5-7-16-10-18-15(4)11-19(16)12-17-13(2)8-6-9-14(17)3/h6,8-9,15-16,18H,5,7,10-12H2,1-4H3. The molecule has 1 saturated heterocycles. The molecule has 2 nitrogen and oxygen atoms in total. The maximum atomic E-state index is 3.62. The van der Waals surface area contributed by atoms with Gasteiger partial charge in [0, 0.05) is 31.7 Å². The fraction of sp³-hybridized carbons (Fsp3) is 0.647. The van der Waals surface area contributed by atoms with E-state index in [0.29, 0.717) is 12.1 Å². The first-order chi connectivity index (χ1) is 9.11. The molecule has 1 N–H and O–H groups in total. The van der Waals surface area contributed by atoms with Crippen molar-refractivity contribution in [3.63, 3.8) is 0 Å². The van der Waals surface area contributed by atoms with Crippen molar-refractivity contribution >= 4 is 0 Å². The van der Waals surface area contributed by atoms with Gasteiger partial charge in [0.05, 0.1) is 0 Å². The smallest absolute Gasteiger partial charge is 0.0243 e. The largest absolute Gasteiger partial charge is 0.311 e. The Hall–Kier alpha value is -0.860. The zero-order valence-electron chi connectivity index (χ0n) is 12.9. The summed E-state index contributed by atoms with van der Waals surface area (Å²) in [5.41, 5.74) is 4.39. The summed E-state index contributed by atoms with van der Waals surface area (Å²) in [6.45, 7) is 12.5. The molecule has 2 atom stereocenters. The third kappa shape index (κ3) is 3.58. The van der Waals surface area contributed by atoms with Crippen molar-refractivity contribution in [1.29, 1.82) is 0 Å². The van der Waals surface area contributed by atoms with E-state index in [2.05, 4.69) is 56.1 Å². The van der Waals surface area contributed by atoms with Gasteiger partial charge in [0.1, 0.15) is 0 Å². The van der Waals surface area contributed by atoms with Gasteiger partial charge in [-0.1, -0.05) is 31.5 Å². The highest BCUT2D eigenvalue weighted by Gasteiger charge is 2.25. The van der Waals surface area contributed by atoms with E-state index in [-0.39, 0.29) is 0 Å². The van der Waals surface area contributed by atoms with Crippen molar-refractivity contribution in [3.05, 3.63) is 34.9 Å². The molecule has 2 unspecified atom stereocenters. The molecule has 0 spiro atoms. The van der Waals surface area contributed by atoms with Crippen molar-refractivity contribution in [1.82, 2.24) is 10.2 Å². The second-order valence-corrected chi connectivity index (χ2v) is 6.05. The molecule has 0 aromatic heterocycles. The highest BCUT2D eigenvalue weighted by atomic mass is 15.2. The number of rotatable bonds is 4. The zero-order chi connectivity index (χ0) is 13.8. The Morgan fingerprint density at radius 3 is 2.58 bits per heavy atom. The topological polar surface area (TPSA) is 15.3 Å². The first-order valence-corrected chi connectivity index (χ1v) is 7.64. The number of hydrogen-bond acceptors (Lipinski definition) is 2. The van der Waals surface area contributed by atoms with Crippen molar-refractivity contribution in [2.24, 2.45) is 0 Å². The molecule has 1 fully saturated rings. The van der Waals surface area contributed by atoms with Gasteiger partial charge in [-0.3, -0.25) is 4.90 Å². The van der Waals surface area contributed by atoms with Crippen LogP contribution in [0, 0.1) is 13.8 Å². The summed E-state index contributed by atoms with van der Waals surface area (Å²) in [5.74, 6) is 0. The third-order valence-corrected chi connectivity index (χ3v) is 4.35. The Kier molecular flexibility index (Phi) is 5.00. The second kappa shape index (κ2) is 6.53. The molecule has 0 saturated carbocycles. The molecule has 1 aromatic rings. The molecule has 0 aliphatic carbocycles. The van der Waals surface area contributed by atoms with Crippen LogP contribution in [0.4, 0.5) is 0 Å². The van der Waals surface area contributed by atoms with Crippen LogP contribution >= 0.6 is 0 Å². The summed E-state index contributed by atoms with van der Waals surface area (Å²) in [4.78, 5) is 2.68. The van der Waals surface area contributed by atoms with Gasteiger partial charge in [-0.25, -0.2) is 0 Å². The van der Waals surface area contributed by atoms with Crippen LogP contribution in [0.1, 0.15) is 43.4 Å². The highest BCUT2D eigenvalue weighted by molar-refractivity contribution is 5.33. The van der Waals surface area contributed by atoms with E-state index in [1.165, 1.54) is 36.1 Å². The van der Waals surface area contributed by atoms with E-state index in [0.717, 1.165) is 13.1 Å². The fourth-order valence-corrected chi connectivity index (χ4v) is 3.14. The van der Waals surface area contributed by atoms with Crippen molar-refractivity contribution < 1.29 is 0 Å². The van der Waals surface area contributed by atoms with Crippen LogP contribution in [-0.4, -0.2) is 30.1 Å². The predicted molar refractivity (Wildman–Crippen MR) is 82.5 cm³/mol. The molecule has 0 radical (unpaired) electrons. The quantitative estimate of drug-likeness (QED) is 0.894. The van der Waals surface area contributed by atoms with Gasteiger partial charge in [0.2, 0.25) is 0 Å². The van der Waals surface area contributed by atoms with Crippen molar-refractivity contribution in [2.75, 3.05) is 13.1 Å². The van der Waals surface area contributed by atoms with Crippen LogP contribution in [0.2, 0.25) is 0 Å². The lowest BCUT2D eigenvalue weighted by atomic mass is 9.99. The Labute approximate surface area is 118 Å². The summed E-state index contributed by atoms with van der Waals surface area (Å²) >= 11 is 0. The summed E-state index contributed by atoms with van der Waals surface area (Å²) < 4.78 is 0. The monoisotopic (exact) mass is 260 g/mol. The molecule has 106 valence electrons. The van der Waals surface area contributed by atoms with Crippen molar-refractivity contribution in [3.8, 4) is 0 Å². The maximum Gasteiger partial charge on any atom is 0.0243 e. The number of nitrogens with zero attached hydrogens (tertiary/aromatic N) is 1. The van der Waals surface area contributed by atoms with Gasteiger partial charge in [0.15, 0.2) is 0 Å². The Balaban J connectivity index is 2.14. The molecular weight excluding hydrogens is 232 g/mol. The van der Waals surface area contributed by atoms with Gasteiger partial charge in [-0.2, -0.15) is 0 Å². The zero-order valence-corrected chi connectivity index (χ0v) is 12.9. The normalized spacial score (nSPS) is 24.6. The SMILES string of the molecule is CCCC1CNC(C)CN1Cc1c(C)cccc1C. The van der Waals surface area contributed by atoms with Crippen LogP contribution in [0.25, 0.3) is 0 Å². The Morgan fingerprint density at radius 2 is 1.95 bits per heavy atom. The highest BCUT2D eigenvalue weighted by Crippen LogP contribution is 2.20. The van der Waals surface area contributed by atoms with Gasteiger partial charge in [-0.05, 0) is 43.9 Å². The molecular formula is C17H28N2. The lowest BCUT2D eigenvalue weighted by molar-refractivity contribution is 0.119. The average molecular weight is 260 g/mol. The first kappa shape index (κ1) is 14.5. The van der Waals surface area contributed by atoms with Gasteiger partial charge < -0.3 is 5.32 Å². The Morgan fingerprint density at radius 1 is 1.26 bits per heavy atom. The van der Waals surface area contributed by atoms with E-state index in [1.807, 2.05) is 0 Å². The van der Waals surface area contributed by atoms with E-state index in [1.54, 1.807) is 0 Å². The fourth-order valence-electron chi connectivity index (χ4n) is 3.14. The van der Waals surface area contributed by atoms with Crippen LogP contribution in [0.15, 0.2) is 18.2 Å². The number of piperazine rings is 1. The molecule has 2 heteroatoms. The second-order valence-electron chi connectivity index (χ2n) is 6.05. The van der Waals surface area contributed by atoms with E-state index >= 15 is 0 Å². The molecule has 1 aromatic carbocycles. The maximum absolute atomic E-state index is 3.62. The molecule has 19 heavy (non-hydrogen) atoms. The van der Waals surface area contributed by atoms with Crippen LogP contribution in [-0.2, 0) is 6.54 Å². The van der Waals surface area contributed by atoms with E-state index in [9.17, 15) is 0 Å². The van der Waals surface area contributed by atoms with Gasteiger partial charge in [-0.15, -0.1) is 0 Å². The number of nitrogens with one attached hydrogen (secondary N) is 1. The lowest BCUT2D eigenvalue weighted by Crippen LogP contribution is -2.55.